The molecule has 0 aliphatic heterocycles. The van der Waals surface area contributed by atoms with E-state index in [1.165, 1.54) is 7.11 Å². The molecule has 7 nitrogen and oxygen atoms in total. The SMILES string of the molecule is COc1nc(N)nc(Oc2ccccc2C#N)n1. The summed E-state index contributed by atoms with van der Waals surface area (Å²) in [5, 5.41) is 8.92. The number of ether oxygens (including phenoxy) is 2. The van der Waals surface area contributed by atoms with Gasteiger partial charge in [0.15, 0.2) is 0 Å². The van der Waals surface area contributed by atoms with Crippen LogP contribution in [-0.4, -0.2) is 22.1 Å². The van der Waals surface area contributed by atoms with Gasteiger partial charge >= 0.3 is 12.0 Å². The average molecular weight is 243 g/mol. The minimum atomic E-state index is -0.0259. The fraction of sp³-hybridized carbons (Fsp3) is 0.0909. The maximum Gasteiger partial charge on any atom is 0.330 e. The Morgan fingerprint density at radius 2 is 1.89 bits per heavy atom. The molecule has 0 unspecified atom stereocenters. The first-order valence-corrected chi connectivity index (χ1v) is 4.95. The summed E-state index contributed by atoms with van der Waals surface area (Å²) in [5.74, 6) is 0.318. The molecule has 0 bridgehead atoms. The lowest BCUT2D eigenvalue weighted by Gasteiger charge is -2.06. The average Bonchev–Trinajstić information content (AvgIpc) is 2.38. The van der Waals surface area contributed by atoms with Crippen molar-refractivity contribution in [3.63, 3.8) is 0 Å². The monoisotopic (exact) mass is 243 g/mol. The number of para-hydroxylation sites is 1. The predicted molar refractivity (Wildman–Crippen MR) is 62.0 cm³/mol. The number of nitrogens with two attached hydrogens (primary N) is 1. The zero-order chi connectivity index (χ0) is 13.0. The third kappa shape index (κ3) is 2.44. The minimum absolute atomic E-state index is 0.0220. The number of methoxy groups -OCH3 is 1. The molecule has 0 aliphatic rings. The first-order chi connectivity index (χ1) is 8.72. The molecule has 0 amide bonds. The summed E-state index contributed by atoms with van der Waals surface area (Å²) in [5.41, 5.74) is 5.84. The van der Waals surface area contributed by atoms with E-state index in [-0.39, 0.29) is 18.0 Å². The lowest BCUT2D eigenvalue weighted by atomic mass is 10.2. The van der Waals surface area contributed by atoms with Gasteiger partial charge in [-0.25, -0.2) is 0 Å². The van der Waals surface area contributed by atoms with E-state index in [0.717, 1.165) is 0 Å². The van der Waals surface area contributed by atoms with E-state index in [9.17, 15) is 0 Å². The number of rotatable bonds is 3. The molecule has 18 heavy (non-hydrogen) atoms. The van der Waals surface area contributed by atoms with E-state index in [1.807, 2.05) is 6.07 Å². The minimum Gasteiger partial charge on any atom is -0.467 e. The summed E-state index contributed by atoms with van der Waals surface area (Å²) >= 11 is 0. The molecule has 0 radical (unpaired) electrons. The van der Waals surface area contributed by atoms with Crippen LogP contribution >= 0.6 is 0 Å². The topological polar surface area (TPSA) is 107 Å². The second kappa shape index (κ2) is 4.97. The summed E-state index contributed by atoms with van der Waals surface area (Å²) in [6.45, 7) is 0. The molecular formula is C11H9N5O2. The number of nitrogens with zero attached hydrogens (tertiary/aromatic N) is 4. The molecule has 0 fully saturated rings. The van der Waals surface area contributed by atoms with Crippen LogP contribution in [-0.2, 0) is 0 Å². The van der Waals surface area contributed by atoms with Gasteiger partial charge in [-0.2, -0.15) is 15.2 Å². The summed E-state index contributed by atoms with van der Waals surface area (Å²) < 4.78 is 10.2. The van der Waals surface area contributed by atoms with Crippen molar-refractivity contribution in [2.45, 2.75) is 0 Å². The van der Waals surface area contributed by atoms with Gasteiger partial charge in [-0.1, -0.05) is 12.1 Å². The molecule has 2 rings (SSSR count). The Bertz CT molecular complexity index is 609. The fourth-order valence-corrected chi connectivity index (χ4v) is 1.24. The summed E-state index contributed by atoms with van der Waals surface area (Å²) in [6, 6.07) is 8.74. The Morgan fingerprint density at radius 3 is 2.61 bits per heavy atom. The quantitative estimate of drug-likeness (QED) is 0.860. The van der Waals surface area contributed by atoms with Crippen molar-refractivity contribution in [1.29, 1.82) is 5.26 Å². The first kappa shape index (κ1) is 11.6. The standard InChI is InChI=1S/C11H9N5O2/c1-17-10-14-9(13)15-11(16-10)18-8-5-3-2-4-7(8)6-12/h2-5H,1H3,(H2,13,14,15,16). The smallest absolute Gasteiger partial charge is 0.330 e. The number of hydrogen-bond donors (Lipinski definition) is 1. The Labute approximate surface area is 103 Å². The van der Waals surface area contributed by atoms with Gasteiger partial charge in [0.25, 0.3) is 0 Å². The van der Waals surface area contributed by atoms with Crippen LogP contribution in [0.1, 0.15) is 5.56 Å². The predicted octanol–water partition coefficient (Wildman–Crippen LogP) is 1.13. The summed E-state index contributed by atoms with van der Waals surface area (Å²) in [7, 11) is 1.40. The highest BCUT2D eigenvalue weighted by Crippen LogP contribution is 2.23. The van der Waals surface area contributed by atoms with Crippen LogP contribution in [0.25, 0.3) is 0 Å². The van der Waals surface area contributed by atoms with Crippen molar-refractivity contribution >= 4 is 5.95 Å². The fourth-order valence-electron chi connectivity index (χ4n) is 1.24. The summed E-state index contributed by atoms with van der Waals surface area (Å²) in [4.78, 5) is 11.4. The van der Waals surface area contributed by atoms with Crippen LogP contribution in [0.3, 0.4) is 0 Å². The molecule has 2 N–H and O–H groups in total. The number of nitriles is 1. The van der Waals surface area contributed by atoms with Gasteiger partial charge in [-0.3, -0.25) is 0 Å². The van der Waals surface area contributed by atoms with Gasteiger partial charge in [0.05, 0.1) is 12.7 Å². The third-order valence-electron chi connectivity index (χ3n) is 2.00. The molecule has 7 heteroatoms. The van der Waals surface area contributed by atoms with Crippen molar-refractivity contribution in [3.05, 3.63) is 29.8 Å². The van der Waals surface area contributed by atoms with Gasteiger partial charge in [0.2, 0.25) is 5.95 Å². The zero-order valence-corrected chi connectivity index (χ0v) is 9.49. The van der Waals surface area contributed by atoms with Gasteiger partial charge in [-0.05, 0) is 12.1 Å². The van der Waals surface area contributed by atoms with Crippen LogP contribution in [0.15, 0.2) is 24.3 Å². The van der Waals surface area contributed by atoms with Crippen LogP contribution < -0.4 is 15.2 Å². The molecule has 0 atom stereocenters. The van der Waals surface area contributed by atoms with Gasteiger partial charge in [0.1, 0.15) is 11.8 Å². The number of nitrogen functional groups attached to an aromatic ring is 1. The highest BCUT2D eigenvalue weighted by molar-refractivity contribution is 5.43. The molecule has 1 aromatic heterocycles. The Balaban J connectivity index is 2.34. The molecule has 2 aromatic rings. The molecular weight excluding hydrogens is 234 g/mol. The molecule has 0 aliphatic carbocycles. The normalized spacial score (nSPS) is 9.56. The summed E-state index contributed by atoms with van der Waals surface area (Å²) in [6.07, 6.45) is 0. The second-order valence-electron chi connectivity index (χ2n) is 3.17. The Kier molecular flexibility index (Phi) is 3.20. The van der Waals surface area contributed by atoms with Crippen LogP contribution in [0.4, 0.5) is 5.95 Å². The van der Waals surface area contributed by atoms with Crippen LogP contribution in [0.2, 0.25) is 0 Å². The van der Waals surface area contributed by atoms with Crippen LogP contribution in [0, 0.1) is 11.3 Å². The maximum absolute atomic E-state index is 8.92. The lowest BCUT2D eigenvalue weighted by Crippen LogP contribution is -2.03. The molecule has 0 saturated heterocycles. The van der Waals surface area contributed by atoms with Gasteiger partial charge < -0.3 is 15.2 Å². The number of anilines is 1. The molecule has 0 spiro atoms. The maximum atomic E-state index is 8.92. The Morgan fingerprint density at radius 1 is 1.17 bits per heavy atom. The molecule has 90 valence electrons. The first-order valence-electron chi connectivity index (χ1n) is 4.95. The van der Waals surface area contributed by atoms with E-state index >= 15 is 0 Å². The second-order valence-corrected chi connectivity index (χ2v) is 3.17. The lowest BCUT2D eigenvalue weighted by molar-refractivity contribution is 0.360. The van der Waals surface area contributed by atoms with Crippen LogP contribution in [0.5, 0.6) is 17.8 Å². The number of hydrogen-bond acceptors (Lipinski definition) is 7. The number of benzene rings is 1. The molecule has 1 aromatic carbocycles. The van der Waals surface area contributed by atoms with Crippen molar-refractivity contribution in [2.75, 3.05) is 12.8 Å². The van der Waals surface area contributed by atoms with E-state index < -0.39 is 0 Å². The third-order valence-corrected chi connectivity index (χ3v) is 2.00. The van der Waals surface area contributed by atoms with E-state index in [2.05, 4.69) is 15.0 Å². The van der Waals surface area contributed by atoms with Gasteiger partial charge in [0, 0.05) is 0 Å². The highest BCUT2D eigenvalue weighted by Gasteiger charge is 2.09. The molecule has 0 saturated carbocycles. The molecule has 1 heterocycles. The van der Waals surface area contributed by atoms with Crippen molar-refractivity contribution < 1.29 is 9.47 Å². The number of aromatic nitrogens is 3. The highest BCUT2D eigenvalue weighted by atomic mass is 16.5. The van der Waals surface area contributed by atoms with Gasteiger partial charge in [-0.15, -0.1) is 4.98 Å². The largest absolute Gasteiger partial charge is 0.467 e. The van der Waals surface area contributed by atoms with E-state index in [4.69, 9.17) is 20.5 Å². The van der Waals surface area contributed by atoms with E-state index in [1.54, 1.807) is 24.3 Å². The van der Waals surface area contributed by atoms with E-state index in [0.29, 0.717) is 11.3 Å². The Hall–Kier alpha value is -2.88. The van der Waals surface area contributed by atoms with Crippen molar-refractivity contribution in [3.8, 4) is 23.8 Å². The zero-order valence-electron chi connectivity index (χ0n) is 9.49. The van der Waals surface area contributed by atoms with Crippen molar-refractivity contribution in [1.82, 2.24) is 15.0 Å². The van der Waals surface area contributed by atoms with Crippen molar-refractivity contribution in [2.24, 2.45) is 0 Å².